The molecule has 0 atom stereocenters. The fourth-order valence-electron chi connectivity index (χ4n) is 3.00. The van der Waals surface area contributed by atoms with E-state index in [4.69, 9.17) is 9.84 Å². The molecule has 0 spiro atoms. The number of ketones is 1. The van der Waals surface area contributed by atoms with E-state index in [1.807, 2.05) is 0 Å². The molecule has 0 aliphatic rings. The van der Waals surface area contributed by atoms with Gasteiger partial charge in [0.25, 0.3) is 0 Å². The molecule has 0 unspecified atom stereocenters. The summed E-state index contributed by atoms with van der Waals surface area (Å²) in [5.74, 6) is -3.26. The minimum Gasteiger partial charge on any atom is -0.507 e. The van der Waals surface area contributed by atoms with E-state index in [1.165, 1.54) is 30.3 Å². The number of hydrogen-bond acceptors (Lipinski definition) is 5. The molecular formula is C23H18FNO6. The molecule has 0 saturated heterocycles. The number of carboxylic acid groups (broad SMARTS) is 1. The van der Waals surface area contributed by atoms with Crippen LogP contribution in [0.15, 0.2) is 54.6 Å². The molecule has 0 saturated carbocycles. The van der Waals surface area contributed by atoms with Crippen LogP contribution in [0.25, 0.3) is 0 Å². The maximum atomic E-state index is 13.1. The first-order chi connectivity index (χ1) is 14.7. The van der Waals surface area contributed by atoms with Crippen molar-refractivity contribution in [2.75, 3.05) is 5.32 Å². The third kappa shape index (κ3) is 4.87. The smallest absolute Gasteiger partial charge is 0.394 e. The second-order valence-electron chi connectivity index (χ2n) is 6.82. The number of halogens is 1. The van der Waals surface area contributed by atoms with Gasteiger partial charge in [0.1, 0.15) is 23.1 Å². The maximum Gasteiger partial charge on any atom is 0.394 e. The van der Waals surface area contributed by atoms with Gasteiger partial charge in [0, 0.05) is 11.3 Å². The molecule has 0 radical (unpaired) electrons. The van der Waals surface area contributed by atoms with Crippen molar-refractivity contribution in [1.82, 2.24) is 0 Å². The zero-order valence-electron chi connectivity index (χ0n) is 16.6. The molecule has 3 N–H and O–H groups in total. The summed E-state index contributed by atoms with van der Waals surface area (Å²) in [7, 11) is 0. The van der Waals surface area contributed by atoms with Crippen molar-refractivity contribution < 1.29 is 33.7 Å². The molecule has 31 heavy (non-hydrogen) atoms. The Balaban J connectivity index is 1.89. The van der Waals surface area contributed by atoms with Crippen LogP contribution < -0.4 is 10.1 Å². The Labute approximate surface area is 176 Å². The molecular weight excluding hydrogens is 405 g/mol. The van der Waals surface area contributed by atoms with Crippen molar-refractivity contribution >= 4 is 23.3 Å². The predicted molar refractivity (Wildman–Crippen MR) is 110 cm³/mol. The third-order valence-electron chi connectivity index (χ3n) is 4.45. The van der Waals surface area contributed by atoms with Gasteiger partial charge in [-0.25, -0.2) is 9.18 Å². The first kappa shape index (κ1) is 21.5. The minimum atomic E-state index is -1.60. The largest absolute Gasteiger partial charge is 0.507 e. The van der Waals surface area contributed by atoms with E-state index in [1.54, 1.807) is 26.0 Å². The summed E-state index contributed by atoms with van der Waals surface area (Å²) in [6, 6.07) is 12.2. The predicted octanol–water partition coefficient (Wildman–Crippen LogP) is 4.19. The summed E-state index contributed by atoms with van der Waals surface area (Å²) in [5, 5.41) is 21.1. The Morgan fingerprint density at radius 1 is 0.935 bits per heavy atom. The van der Waals surface area contributed by atoms with Gasteiger partial charge in [-0.3, -0.25) is 9.59 Å². The van der Waals surface area contributed by atoms with Gasteiger partial charge in [0.2, 0.25) is 0 Å². The van der Waals surface area contributed by atoms with Crippen molar-refractivity contribution in [3.63, 3.8) is 0 Å². The zero-order chi connectivity index (χ0) is 22.7. The molecule has 0 aliphatic carbocycles. The lowest BCUT2D eigenvalue weighted by Gasteiger charge is -2.15. The van der Waals surface area contributed by atoms with Gasteiger partial charge >= 0.3 is 11.9 Å². The van der Waals surface area contributed by atoms with Crippen LogP contribution in [0.4, 0.5) is 10.1 Å². The first-order valence-corrected chi connectivity index (χ1v) is 9.12. The zero-order valence-corrected chi connectivity index (χ0v) is 16.6. The van der Waals surface area contributed by atoms with Gasteiger partial charge in [-0.2, -0.15) is 0 Å². The minimum absolute atomic E-state index is 0.00949. The average Bonchev–Trinajstić information content (AvgIpc) is 2.72. The molecule has 158 valence electrons. The number of carbonyl (C=O) groups excluding carboxylic acids is 2. The van der Waals surface area contributed by atoms with Crippen LogP contribution in [-0.2, 0) is 9.59 Å². The number of hydrogen-bond donors (Lipinski definition) is 3. The Morgan fingerprint density at radius 2 is 1.55 bits per heavy atom. The number of phenols is 1. The monoisotopic (exact) mass is 423 g/mol. The highest BCUT2D eigenvalue weighted by molar-refractivity contribution is 6.36. The number of nitrogens with one attached hydrogen (secondary N) is 1. The molecule has 0 heterocycles. The number of aryl methyl sites for hydroxylation is 2. The molecule has 0 fully saturated rings. The summed E-state index contributed by atoms with van der Waals surface area (Å²) in [5.41, 5.74) is 1.72. The number of aliphatic carboxylic acids is 1. The summed E-state index contributed by atoms with van der Waals surface area (Å²) in [6.45, 7) is 3.42. The van der Waals surface area contributed by atoms with Crippen LogP contribution >= 0.6 is 0 Å². The van der Waals surface area contributed by atoms with Crippen molar-refractivity contribution in [1.29, 1.82) is 0 Å². The summed E-state index contributed by atoms with van der Waals surface area (Å²) in [6.07, 6.45) is 0. The van der Waals surface area contributed by atoms with Crippen molar-refractivity contribution in [3.05, 3.63) is 82.7 Å². The SMILES string of the molecule is Cc1cc(NC(=O)C(=O)O)cc(C)c1Oc1ccc(O)c(C(=O)c2ccc(F)cc2)c1. The van der Waals surface area contributed by atoms with Gasteiger partial charge in [-0.1, -0.05) is 0 Å². The molecule has 3 aromatic carbocycles. The fraction of sp³-hybridized carbons (Fsp3) is 0.0870. The first-order valence-electron chi connectivity index (χ1n) is 9.12. The Hall–Kier alpha value is -4.20. The number of carbonyl (C=O) groups is 3. The molecule has 0 aliphatic heterocycles. The summed E-state index contributed by atoms with van der Waals surface area (Å²) >= 11 is 0. The van der Waals surface area contributed by atoms with Gasteiger partial charge in [0.15, 0.2) is 5.78 Å². The number of anilines is 1. The highest BCUT2D eigenvalue weighted by atomic mass is 19.1. The standard InChI is InChI=1S/C23H18FNO6/c1-12-9-16(25-22(28)23(29)30)10-13(2)21(12)31-17-7-8-19(26)18(11-17)20(27)14-3-5-15(24)6-4-14/h3-11,26H,1-2H3,(H,25,28)(H,29,30). The molecule has 0 bridgehead atoms. The van der Waals surface area contributed by atoms with Gasteiger partial charge in [-0.15, -0.1) is 0 Å². The molecule has 3 aromatic rings. The van der Waals surface area contributed by atoms with Crippen LogP contribution in [-0.4, -0.2) is 27.9 Å². The molecule has 1 amide bonds. The van der Waals surface area contributed by atoms with Crippen LogP contribution in [0.3, 0.4) is 0 Å². The quantitative estimate of drug-likeness (QED) is 0.419. The van der Waals surface area contributed by atoms with E-state index in [-0.39, 0.29) is 22.6 Å². The summed E-state index contributed by atoms with van der Waals surface area (Å²) in [4.78, 5) is 34.8. The lowest BCUT2D eigenvalue weighted by Crippen LogP contribution is -2.21. The van der Waals surface area contributed by atoms with Gasteiger partial charge in [-0.05, 0) is 79.6 Å². The highest BCUT2D eigenvalue weighted by Crippen LogP contribution is 2.34. The van der Waals surface area contributed by atoms with E-state index in [9.17, 15) is 23.9 Å². The van der Waals surface area contributed by atoms with E-state index in [0.29, 0.717) is 22.6 Å². The number of aromatic hydroxyl groups is 1. The van der Waals surface area contributed by atoms with Crippen LogP contribution in [0, 0.1) is 19.7 Å². The van der Waals surface area contributed by atoms with E-state index < -0.39 is 23.5 Å². The number of ether oxygens (including phenoxy) is 1. The third-order valence-corrected chi connectivity index (χ3v) is 4.45. The molecule has 7 nitrogen and oxygen atoms in total. The van der Waals surface area contributed by atoms with E-state index in [2.05, 4.69) is 5.32 Å². The molecule has 8 heteroatoms. The second-order valence-corrected chi connectivity index (χ2v) is 6.82. The van der Waals surface area contributed by atoms with Gasteiger partial charge in [0.05, 0.1) is 5.56 Å². The summed E-state index contributed by atoms with van der Waals surface area (Å²) < 4.78 is 19.0. The van der Waals surface area contributed by atoms with Crippen LogP contribution in [0.5, 0.6) is 17.2 Å². The van der Waals surface area contributed by atoms with Crippen molar-refractivity contribution in [2.45, 2.75) is 13.8 Å². The Morgan fingerprint density at radius 3 is 2.13 bits per heavy atom. The van der Waals surface area contributed by atoms with Crippen molar-refractivity contribution in [2.24, 2.45) is 0 Å². The number of phenolic OH excluding ortho intramolecular Hbond substituents is 1. The topological polar surface area (TPSA) is 113 Å². The second kappa shape index (κ2) is 8.66. The van der Waals surface area contributed by atoms with Crippen LogP contribution in [0.1, 0.15) is 27.0 Å². The average molecular weight is 423 g/mol. The number of amides is 1. The molecule has 3 rings (SSSR count). The van der Waals surface area contributed by atoms with E-state index >= 15 is 0 Å². The van der Waals surface area contributed by atoms with Crippen molar-refractivity contribution in [3.8, 4) is 17.2 Å². The lowest BCUT2D eigenvalue weighted by atomic mass is 10.0. The number of benzene rings is 3. The van der Waals surface area contributed by atoms with Crippen LogP contribution in [0.2, 0.25) is 0 Å². The Kier molecular flexibility index (Phi) is 6.01. The van der Waals surface area contributed by atoms with Gasteiger partial charge < -0.3 is 20.3 Å². The fourth-order valence-corrected chi connectivity index (χ4v) is 3.00. The normalized spacial score (nSPS) is 10.4. The number of carboxylic acids is 1. The van der Waals surface area contributed by atoms with E-state index in [0.717, 1.165) is 12.1 Å². The maximum absolute atomic E-state index is 13.1. The lowest BCUT2D eigenvalue weighted by molar-refractivity contribution is -0.147. The highest BCUT2D eigenvalue weighted by Gasteiger charge is 2.17. The number of rotatable bonds is 5. The Bertz CT molecular complexity index is 1160. The molecule has 0 aromatic heterocycles.